The molecule has 0 spiro atoms. The average Bonchev–Trinajstić information content (AvgIpc) is 3.21. The Morgan fingerprint density at radius 2 is 1.77 bits per heavy atom. The van der Waals surface area contributed by atoms with Gasteiger partial charge < -0.3 is 25.0 Å². The quantitative estimate of drug-likeness (QED) is 0.400. The summed E-state index contributed by atoms with van der Waals surface area (Å²) in [6.07, 6.45) is 1.47. The lowest BCUT2D eigenvalue weighted by Crippen LogP contribution is -2.57. The second kappa shape index (κ2) is 12.9. The van der Waals surface area contributed by atoms with E-state index in [1.165, 1.54) is 4.90 Å². The van der Waals surface area contributed by atoms with Crippen LogP contribution in [0.25, 0.3) is 0 Å². The minimum atomic E-state index is -1.00. The summed E-state index contributed by atoms with van der Waals surface area (Å²) in [7, 11) is 1.61. The van der Waals surface area contributed by atoms with Gasteiger partial charge in [0.25, 0.3) is 0 Å². The SMILES string of the molecule is CCCCNC(=O)[C@@H](NC(=O)[C@H]1[C@H]([C@@H]2OC(C)(C)N(C(=O)OC(C)(C)C)[C@H]2CC(C)C)CC(=O)N1C)C(C)C. The zero-order chi connectivity index (χ0) is 29.9. The third kappa shape index (κ3) is 8.08. The third-order valence-electron chi connectivity index (χ3n) is 7.41. The van der Waals surface area contributed by atoms with Crippen molar-refractivity contribution in [3.05, 3.63) is 0 Å². The highest BCUT2D eigenvalue weighted by molar-refractivity contribution is 5.94. The normalized spacial score (nSPS) is 25.8. The van der Waals surface area contributed by atoms with Crippen molar-refractivity contribution in [3.63, 3.8) is 0 Å². The molecule has 0 aromatic heterocycles. The maximum Gasteiger partial charge on any atom is 0.412 e. The lowest BCUT2D eigenvalue weighted by atomic mass is 9.85. The predicted octanol–water partition coefficient (Wildman–Crippen LogP) is 3.68. The van der Waals surface area contributed by atoms with Gasteiger partial charge in [-0.25, -0.2) is 4.79 Å². The van der Waals surface area contributed by atoms with Crippen molar-refractivity contribution in [2.24, 2.45) is 17.8 Å². The number of nitrogens with zero attached hydrogens (tertiary/aromatic N) is 2. The van der Waals surface area contributed by atoms with Crippen molar-refractivity contribution < 1.29 is 28.7 Å². The van der Waals surface area contributed by atoms with Crippen LogP contribution in [0.2, 0.25) is 0 Å². The minimum absolute atomic E-state index is 0.112. The summed E-state index contributed by atoms with van der Waals surface area (Å²) in [4.78, 5) is 56.1. The number of ether oxygens (including phenoxy) is 2. The first-order valence-corrected chi connectivity index (χ1v) is 14.4. The highest BCUT2D eigenvalue weighted by Crippen LogP contribution is 2.43. The van der Waals surface area contributed by atoms with Gasteiger partial charge in [0.1, 0.15) is 23.4 Å². The average molecular weight is 553 g/mol. The molecule has 2 heterocycles. The van der Waals surface area contributed by atoms with Crippen LogP contribution in [0.1, 0.15) is 94.9 Å². The summed E-state index contributed by atoms with van der Waals surface area (Å²) in [5.74, 6) is -1.22. The van der Waals surface area contributed by atoms with Gasteiger partial charge in [-0.05, 0) is 59.3 Å². The number of unbranched alkanes of at least 4 members (excludes halogenated alkanes) is 1. The number of carbonyl (C=O) groups excluding carboxylic acids is 4. The van der Waals surface area contributed by atoms with E-state index in [4.69, 9.17) is 9.47 Å². The summed E-state index contributed by atoms with van der Waals surface area (Å²) in [6, 6.07) is -1.96. The van der Waals surface area contributed by atoms with Crippen LogP contribution in [0.15, 0.2) is 0 Å². The second-order valence-corrected chi connectivity index (χ2v) is 13.3. The molecule has 10 heteroatoms. The highest BCUT2D eigenvalue weighted by Gasteiger charge is 2.58. The van der Waals surface area contributed by atoms with Gasteiger partial charge in [-0.2, -0.15) is 0 Å². The third-order valence-corrected chi connectivity index (χ3v) is 7.41. The lowest BCUT2D eigenvalue weighted by Gasteiger charge is -2.36. The summed E-state index contributed by atoms with van der Waals surface area (Å²) >= 11 is 0. The fourth-order valence-electron chi connectivity index (χ4n) is 5.61. The van der Waals surface area contributed by atoms with E-state index < -0.39 is 53.5 Å². The Labute approximate surface area is 234 Å². The molecule has 39 heavy (non-hydrogen) atoms. The first-order chi connectivity index (χ1) is 17.9. The molecule has 0 unspecified atom stereocenters. The number of rotatable bonds is 10. The Balaban J connectivity index is 2.39. The molecule has 5 atom stereocenters. The Hall–Kier alpha value is -2.36. The second-order valence-electron chi connectivity index (χ2n) is 13.3. The standard InChI is InChI=1S/C29H52N4O6/c1-12-13-14-30-25(35)22(18(4)5)31-26(36)23-19(16-21(34)32(23)11)24-20(15-17(2)3)33(29(9,10)38-24)27(37)39-28(6,7)8/h17-20,22-24H,12-16H2,1-11H3,(H,30,35)(H,31,36)/t19-,20+,22+,23-,24+/m1/s1. The maximum atomic E-state index is 13.8. The maximum absolute atomic E-state index is 13.8. The van der Waals surface area contributed by atoms with E-state index in [9.17, 15) is 19.2 Å². The molecule has 224 valence electrons. The molecule has 2 saturated heterocycles. The first kappa shape index (κ1) is 32.8. The molecular weight excluding hydrogens is 500 g/mol. The van der Waals surface area contributed by atoms with Gasteiger partial charge in [0.2, 0.25) is 17.7 Å². The topological polar surface area (TPSA) is 117 Å². The van der Waals surface area contributed by atoms with Crippen molar-refractivity contribution in [1.82, 2.24) is 20.4 Å². The van der Waals surface area contributed by atoms with Crippen LogP contribution >= 0.6 is 0 Å². The van der Waals surface area contributed by atoms with Crippen LogP contribution in [0.5, 0.6) is 0 Å². The Morgan fingerprint density at radius 3 is 2.28 bits per heavy atom. The van der Waals surface area contributed by atoms with E-state index in [1.807, 2.05) is 55.4 Å². The molecule has 4 amide bonds. The highest BCUT2D eigenvalue weighted by atomic mass is 16.6. The lowest BCUT2D eigenvalue weighted by molar-refractivity contribution is -0.137. The van der Waals surface area contributed by atoms with Crippen molar-refractivity contribution in [3.8, 4) is 0 Å². The largest absolute Gasteiger partial charge is 0.444 e. The molecule has 2 fully saturated rings. The monoisotopic (exact) mass is 552 g/mol. The Kier molecular flexibility index (Phi) is 10.8. The molecule has 2 N–H and O–H groups in total. The molecule has 0 bridgehead atoms. The van der Waals surface area contributed by atoms with Gasteiger partial charge in [-0.3, -0.25) is 19.3 Å². The molecule has 2 aliphatic rings. The van der Waals surface area contributed by atoms with Gasteiger partial charge in [0.05, 0.1) is 12.1 Å². The number of hydrogen-bond donors (Lipinski definition) is 2. The van der Waals surface area contributed by atoms with Crippen molar-refractivity contribution >= 4 is 23.8 Å². The predicted molar refractivity (Wildman–Crippen MR) is 150 cm³/mol. The van der Waals surface area contributed by atoms with Gasteiger partial charge in [-0.1, -0.05) is 41.0 Å². The molecule has 0 aliphatic carbocycles. The van der Waals surface area contributed by atoms with Crippen molar-refractivity contribution in [2.75, 3.05) is 13.6 Å². The number of likely N-dealkylation sites (N-methyl/N-ethyl adjacent to an activating group) is 1. The smallest absolute Gasteiger partial charge is 0.412 e. The van der Waals surface area contributed by atoms with Crippen molar-refractivity contribution in [1.29, 1.82) is 0 Å². The van der Waals surface area contributed by atoms with Crippen LogP contribution in [0.3, 0.4) is 0 Å². The van der Waals surface area contributed by atoms with Crippen LogP contribution in [0, 0.1) is 17.8 Å². The Morgan fingerprint density at radius 1 is 1.15 bits per heavy atom. The Bertz CT molecular complexity index is 897. The molecule has 2 rings (SSSR count). The molecule has 10 nitrogen and oxygen atoms in total. The first-order valence-electron chi connectivity index (χ1n) is 14.4. The molecular formula is C29H52N4O6. The van der Waals surface area contributed by atoms with Crippen LogP contribution < -0.4 is 10.6 Å². The van der Waals surface area contributed by atoms with Crippen LogP contribution in [-0.4, -0.2) is 82.8 Å². The van der Waals surface area contributed by atoms with E-state index in [0.717, 1.165) is 12.8 Å². The molecule has 0 saturated carbocycles. The van der Waals surface area contributed by atoms with Gasteiger partial charge >= 0.3 is 6.09 Å². The number of likely N-dealkylation sites (tertiary alicyclic amines) is 1. The summed E-state index contributed by atoms with van der Waals surface area (Å²) in [5.41, 5.74) is -1.69. The summed E-state index contributed by atoms with van der Waals surface area (Å²) < 4.78 is 12.3. The number of carbonyl (C=O) groups is 4. The fraction of sp³-hybridized carbons (Fsp3) is 0.862. The summed E-state index contributed by atoms with van der Waals surface area (Å²) in [6.45, 7) is 19.6. The zero-order valence-corrected chi connectivity index (χ0v) is 25.9. The van der Waals surface area contributed by atoms with E-state index in [-0.39, 0.29) is 30.1 Å². The van der Waals surface area contributed by atoms with Gasteiger partial charge in [0.15, 0.2) is 0 Å². The fourth-order valence-corrected chi connectivity index (χ4v) is 5.61. The summed E-state index contributed by atoms with van der Waals surface area (Å²) in [5, 5.41) is 5.83. The molecule has 0 aromatic rings. The van der Waals surface area contributed by atoms with E-state index in [2.05, 4.69) is 24.5 Å². The number of hydrogen-bond acceptors (Lipinski definition) is 6. The van der Waals surface area contributed by atoms with Gasteiger partial charge in [-0.15, -0.1) is 0 Å². The molecule has 0 radical (unpaired) electrons. The van der Waals surface area contributed by atoms with E-state index in [0.29, 0.717) is 13.0 Å². The molecule has 0 aromatic carbocycles. The van der Waals surface area contributed by atoms with E-state index in [1.54, 1.807) is 11.9 Å². The van der Waals surface area contributed by atoms with E-state index >= 15 is 0 Å². The number of nitrogens with one attached hydrogen (secondary N) is 2. The zero-order valence-electron chi connectivity index (χ0n) is 25.9. The van der Waals surface area contributed by atoms with Crippen LogP contribution in [0.4, 0.5) is 4.79 Å². The minimum Gasteiger partial charge on any atom is -0.444 e. The van der Waals surface area contributed by atoms with Gasteiger partial charge in [0, 0.05) is 25.9 Å². The molecule has 2 aliphatic heterocycles. The number of amides is 4. The van der Waals surface area contributed by atoms with Crippen LogP contribution in [-0.2, 0) is 23.9 Å². The van der Waals surface area contributed by atoms with Crippen molar-refractivity contribution in [2.45, 2.75) is 130 Å².